The van der Waals surface area contributed by atoms with Crippen molar-refractivity contribution in [3.05, 3.63) is 30.3 Å². The summed E-state index contributed by atoms with van der Waals surface area (Å²) < 4.78 is 5.57. The molecule has 3 unspecified atom stereocenters. The predicted molar refractivity (Wildman–Crippen MR) is 109 cm³/mol. The molecule has 1 aromatic rings. The first kappa shape index (κ1) is 21.3. The summed E-state index contributed by atoms with van der Waals surface area (Å²) in [6.07, 6.45) is 2.85. The van der Waals surface area contributed by atoms with E-state index in [9.17, 15) is 9.59 Å². The van der Waals surface area contributed by atoms with Crippen molar-refractivity contribution in [2.45, 2.75) is 65.5 Å². The van der Waals surface area contributed by atoms with Crippen LogP contribution in [0.5, 0.6) is 0 Å². The number of amides is 2. The van der Waals surface area contributed by atoms with Gasteiger partial charge in [0.1, 0.15) is 11.6 Å². The van der Waals surface area contributed by atoms with Gasteiger partial charge in [0, 0.05) is 19.3 Å². The lowest BCUT2D eigenvalue weighted by Crippen LogP contribution is -2.50. The number of hydrogen-bond acceptors (Lipinski definition) is 3. The maximum Gasteiger partial charge on any atom is 0.410 e. The molecule has 2 amide bonds. The van der Waals surface area contributed by atoms with E-state index in [1.54, 1.807) is 16.8 Å². The number of anilines is 1. The Morgan fingerprint density at radius 1 is 1.11 bits per heavy atom. The van der Waals surface area contributed by atoms with Crippen molar-refractivity contribution in [1.29, 1.82) is 0 Å². The van der Waals surface area contributed by atoms with Crippen LogP contribution in [0.3, 0.4) is 0 Å². The van der Waals surface area contributed by atoms with Crippen LogP contribution >= 0.6 is 0 Å². The third-order valence-corrected chi connectivity index (χ3v) is 5.25. The van der Waals surface area contributed by atoms with Gasteiger partial charge in [-0.3, -0.25) is 9.69 Å². The number of nitrogens with zero attached hydrogens (tertiary/aromatic N) is 2. The van der Waals surface area contributed by atoms with Gasteiger partial charge >= 0.3 is 6.09 Å². The molecular formula is C22H34N2O3. The minimum atomic E-state index is -0.562. The molecule has 0 bridgehead atoms. The average molecular weight is 375 g/mol. The number of rotatable bonds is 2. The summed E-state index contributed by atoms with van der Waals surface area (Å²) in [6.45, 7) is 10.2. The second-order valence-corrected chi connectivity index (χ2v) is 8.17. The van der Waals surface area contributed by atoms with Gasteiger partial charge in [0.15, 0.2) is 0 Å². The maximum absolute atomic E-state index is 13.2. The first-order valence-electron chi connectivity index (χ1n) is 10.1. The first-order chi connectivity index (χ1) is 12.8. The average Bonchev–Trinajstić information content (AvgIpc) is 3.22. The lowest BCUT2D eigenvalue weighted by Gasteiger charge is -2.32. The van der Waals surface area contributed by atoms with E-state index < -0.39 is 11.6 Å². The van der Waals surface area contributed by atoms with E-state index >= 15 is 0 Å². The van der Waals surface area contributed by atoms with Crippen LogP contribution in [0, 0.1) is 11.8 Å². The van der Waals surface area contributed by atoms with Crippen molar-refractivity contribution >= 4 is 17.7 Å². The summed E-state index contributed by atoms with van der Waals surface area (Å²) in [5.74, 6) is 0.628. The highest BCUT2D eigenvalue weighted by molar-refractivity contribution is 5.98. The fraction of sp³-hybridized carbons (Fsp3) is 0.636. The number of benzene rings is 1. The van der Waals surface area contributed by atoms with Crippen molar-refractivity contribution < 1.29 is 14.3 Å². The molecule has 2 fully saturated rings. The number of ether oxygens (including phenoxy) is 1. The molecule has 3 atom stereocenters. The summed E-state index contributed by atoms with van der Waals surface area (Å²) in [6, 6.07) is 9.16. The van der Waals surface area contributed by atoms with Gasteiger partial charge in [-0.2, -0.15) is 0 Å². The minimum absolute atomic E-state index is 0.0218. The molecule has 1 saturated heterocycles. The van der Waals surface area contributed by atoms with Crippen molar-refractivity contribution in [3.8, 4) is 0 Å². The quantitative estimate of drug-likeness (QED) is 0.753. The number of carbonyl (C=O) groups is 2. The Kier molecular flexibility index (Phi) is 6.90. The van der Waals surface area contributed by atoms with Crippen LogP contribution in [-0.2, 0) is 9.53 Å². The second-order valence-electron chi connectivity index (χ2n) is 8.17. The Labute approximate surface area is 163 Å². The van der Waals surface area contributed by atoms with Gasteiger partial charge < -0.3 is 9.64 Å². The highest BCUT2D eigenvalue weighted by Gasteiger charge is 2.51. The Morgan fingerprint density at radius 2 is 1.74 bits per heavy atom. The summed E-state index contributed by atoms with van der Waals surface area (Å²) in [4.78, 5) is 29.3. The van der Waals surface area contributed by atoms with E-state index in [1.807, 2.05) is 65.0 Å². The number of hydrogen-bond donors (Lipinski definition) is 0. The zero-order chi connectivity index (χ0) is 20.2. The van der Waals surface area contributed by atoms with E-state index in [4.69, 9.17) is 4.74 Å². The molecule has 1 aromatic carbocycles. The molecule has 0 radical (unpaired) electrons. The molecular weight excluding hydrogens is 340 g/mol. The van der Waals surface area contributed by atoms with Crippen molar-refractivity contribution in [3.63, 3.8) is 0 Å². The van der Waals surface area contributed by atoms with Crippen LogP contribution in [0.2, 0.25) is 0 Å². The molecule has 1 heterocycles. The van der Waals surface area contributed by atoms with Crippen LogP contribution in [-0.4, -0.2) is 42.1 Å². The highest BCUT2D eigenvalue weighted by Crippen LogP contribution is 2.43. The van der Waals surface area contributed by atoms with Gasteiger partial charge in [-0.05, 0) is 57.6 Å². The number of para-hydroxylation sites is 1. The minimum Gasteiger partial charge on any atom is -0.444 e. The lowest BCUT2D eigenvalue weighted by molar-refractivity contribution is -0.123. The van der Waals surface area contributed by atoms with E-state index in [2.05, 4.69) is 0 Å². The Bertz CT molecular complexity index is 639. The van der Waals surface area contributed by atoms with Crippen LogP contribution in [0.15, 0.2) is 30.3 Å². The molecule has 1 aliphatic carbocycles. The molecule has 5 heteroatoms. The Balaban J connectivity index is 0.00000126. The van der Waals surface area contributed by atoms with Crippen LogP contribution in [0.4, 0.5) is 10.5 Å². The van der Waals surface area contributed by atoms with E-state index in [-0.39, 0.29) is 17.9 Å². The van der Waals surface area contributed by atoms with Crippen molar-refractivity contribution in [2.24, 2.45) is 11.8 Å². The monoisotopic (exact) mass is 374 g/mol. The molecule has 1 aliphatic heterocycles. The van der Waals surface area contributed by atoms with Crippen LogP contribution in [0.25, 0.3) is 0 Å². The largest absolute Gasteiger partial charge is 0.444 e. The Morgan fingerprint density at radius 3 is 2.33 bits per heavy atom. The standard InChI is InChI=1S/C20H28N2O3.C2H6/c1-20(2,3)25-19(24)22-13-14-9-8-12-16(14)17(22)18(23)21(4)15-10-6-5-7-11-15;1-2/h5-7,10-11,14,16-17H,8-9,12-13H2,1-4H3;1-2H3. The number of likely N-dealkylation sites (tertiary alicyclic amines) is 1. The van der Waals surface area contributed by atoms with E-state index in [0.717, 1.165) is 24.9 Å². The van der Waals surface area contributed by atoms with Crippen LogP contribution in [0.1, 0.15) is 53.9 Å². The molecule has 2 aliphatic rings. The summed E-state index contributed by atoms with van der Waals surface area (Å²) in [7, 11) is 1.78. The molecule has 1 saturated carbocycles. The van der Waals surface area contributed by atoms with Gasteiger partial charge in [-0.1, -0.05) is 38.5 Å². The fourth-order valence-corrected chi connectivity index (χ4v) is 4.11. The summed E-state index contributed by atoms with van der Waals surface area (Å²) >= 11 is 0. The number of likely N-dealkylation sites (N-methyl/N-ethyl adjacent to an activating group) is 1. The molecule has 3 rings (SSSR count). The van der Waals surface area contributed by atoms with Gasteiger partial charge in [-0.25, -0.2) is 4.79 Å². The third-order valence-electron chi connectivity index (χ3n) is 5.25. The topological polar surface area (TPSA) is 49.9 Å². The zero-order valence-corrected chi connectivity index (χ0v) is 17.6. The van der Waals surface area contributed by atoms with Gasteiger partial charge in [0.05, 0.1) is 0 Å². The molecule has 5 nitrogen and oxygen atoms in total. The number of fused-ring (bicyclic) bond motifs is 1. The summed E-state index contributed by atoms with van der Waals surface area (Å²) in [5.41, 5.74) is 0.284. The molecule has 0 spiro atoms. The molecule has 150 valence electrons. The van der Waals surface area contributed by atoms with Gasteiger partial charge in [0.25, 0.3) is 0 Å². The Hall–Kier alpha value is -2.04. The number of carbonyl (C=O) groups excluding carboxylic acids is 2. The highest BCUT2D eigenvalue weighted by atomic mass is 16.6. The summed E-state index contributed by atoms with van der Waals surface area (Å²) in [5, 5.41) is 0. The second kappa shape index (κ2) is 8.77. The lowest BCUT2D eigenvalue weighted by atomic mass is 9.93. The fourth-order valence-electron chi connectivity index (χ4n) is 4.11. The predicted octanol–water partition coefficient (Wildman–Crippen LogP) is 4.71. The zero-order valence-electron chi connectivity index (χ0n) is 17.6. The van der Waals surface area contributed by atoms with Crippen molar-refractivity contribution in [2.75, 3.05) is 18.5 Å². The van der Waals surface area contributed by atoms with Gasteiger partial charge in [-0.15, -0.1) is 0 Å². The molecule has 27 heavy (non-hydrogen) atoms. The van der Waals surface area contributed by atoms with Crippen LogP contribution < -0.4 is 4.90 Å². The third kappa shape index (κ3) is 4.82. The van der Waals surface area contributed by atoms with Crippen molar-refractivity contribution in [1.82, 2.24) is 4.90 Å². The normalized spacial score (nSPS) is 23.9. The van der Waals surface area contributed by atoms with E-state index in [1.165, 1.54) is 0 Å². The maximum atomic E-state index is 13.2. The van der Waals surface area contributed by atoms with E-state index in [0.29, 0.717) is 12.5 Å². The molecule has 0 N–H and O–H groups in total. The first-order valence-corrected chi connectivity index (χ1v) is 10.1. The van der Waals surface area contributed by atoms with Gasteiger partial charge in [0.2, 0.25) is 5.91 Å². The SMILES string of the molecule is CC.CN(C(=O)C1C2CCCC2CN1C(=O)OC(C)(C)C)c1ccccc1. The smallest absolute Gasteiger partial charge is 0.410 e. The molecule has 0 aromatic heterocycles.